The van der Waals surface area contributed by atoms with Crippen molar-refractivity contribution in [1.82, 2.24) is 15.0 Å². The number of hydrogen-bond acceptors (Lipinski definition) is 6. The Bertz CT molecular complexity index is 1120. The van der Waals surface area contributed by atoms with Crippen molar-refractivity contribution < 1.29 is 18.5 Å². The number of nitrogens with one attached hydrogen (secondary N) is 1. The second-order valence-corrected chi connectivity index (χ2v) is 8.11. The Morgan fingerprint density at radius 2 is 1.97 bits per heavy atom. The number of hydrogen-bond donors (Lipinski definition) is 2. The lowest BCUT2D eigenvalue weighted by atomic mass is 10.1. The van der Waals surface area contributed by atoms with Crippen molar-refractivity contribution in [1.29, 1.82) is 0 Å². The van der Waals surface area contributed by atoms with Crippen LogP contribution >= 0.6 is 0 Å². The van der Waals surface area contributed by atoms with Crippen LogP contribution in [-0.2, 0) is 22.6 Å². The molecule has 33 heavy (non-hydrogen) atoms. The van der Waals surface area contributed by atoms with Gasteiger partial charge in [0.1, 0.15) is 5.82 Å². The maximum atomic E-state index is 13.1. The number of nitrogens with two attached hydrogens (primary N) is 1. The predicted octanol–water partition coefficient (Wildman–Crippen LogP) is 3.29. The number of rotatable bonds is 9. The number of likely N-dealkylation sites (tertiary alicyclic amines) is 1. The van der Waals surface area contributed by atoms with E-state index in [1.807, 2.05) is 24.3 Å². The molecule has 0 bridgehead atoms. The molecule has 2 aromatic carbocycles. The number of halogens is 1. The van der Waals surface area contributed by atoms with Crippen LogP contribution in [0.15, 0.2) is 53.1 Å². The van der Waals surface area contributed by atoms with Crippen LogP contribution in [-0.4, -0.2) is 39.4 Å². The minimum Gasteiger partial charge on any atom is -0.368 e. The first-order chi connectivity index (χ1) is 16.0. The normalized spacial score (nSPS) is 16.1. The average molecular weight is 452 g/mol. The van der Waals surface area contributed by atoms with Gasteiger partial charge < -0.3 is 15.6 Å². The fourth-order valence-electron chi connectivity index (χ4n) is 4.02. The summed E-state index contributed by atoms with van der Waals surface area (Å²) in [6.07, 6.45) is 2.98. The summed E-state index contributed by atoms with van der Waals surface area (Å²) in [6.45, 7) is 1.36. The van der Waals surface area contributed by atoms with Gasteiger partial charge >= 0.3 is 0 Å². The molecule has 4 rings (SSSR count). The third-order valence-corrected chi connectivity index (χ3v) is 5.72. The maximum absolute atomic E-state index is 13.1. The van der Waals surface area contributed by atoms with Crippen molar-refractivity contribution in [3.63, 3.8) is 0 Å². The molecular weight excluding hydrogens is 425 g/mol. The van der Waals surface area contributed by atoms with E-state index in [4.69, 9.17) is 10.3 Å². The van der Waals surface area contributed by atoms with Gasteiger partial charge in [-0.1, -0.05) is 23.4 Å². The van der Waals surface area contributed by atoms with Gasteiger partial charge in [0.05, 0.1) is 6.04 Å². The largest absolute Gasteiger partial charge is 0.368 e. The lowest BCUT2D eigenvalue weighted by molar-refractivity contribution is -0.122. The first-order valence-electron chi connectivity index (χ1n) is 11.0. The predicted molar refractivity (Wildman–Crippen MR) is 120 cm³/mol. The molecule has 9 heteroatoms. The highest BCUT2D eigenvalue weighted by molar-refractivity contribution is 5.91. The van der Waals surface area contributed by atoms with Gasteiger partial charge in [-0.15, -0.1) is 0 Å². The Morgan fingerprint density at radius 1 is 1.18 bits per heavy atom. The molecular formula is C24H26FN5O3. The van der Waals surface area contributed by atoms with Crippen LogP contribution in [0.4, 0.5) is 10.1 Å². The number of para-hydroxylation sites is 1. The minimum atomic E-state index is -0.330. The Morgan fingerprint density at radius 3 is 2.76 bits per heavy atom. The SMILES string of the molecule is NC(=O)C1CCCN1Cc1ccccc1NC(=O)CCCc1nc(-c2ccc(F)cc2)no1. The van der Waals surface area contributed by atoms with Crippen LogP contribution in [0.2, 0.25) is 0 Å². The summed E-state index contributed by atoms with van der Waals surface area (Å²) < 4.78 is 18.3. The number of carbonyl (C=O) groups excluding carboxylic acids is 2. The zero-order chi connectivity index (χ0) is 23.2. The number of carbonyl (C=O) groups is 2. The molecule has 1 aromatic heterocycles. The number of amides is 2. The highest BCUT2D eigenvalue weighted by Crippen LogP contribution is 2.24. The van der Waals surface area contributed by atoms with E-state index in [1.165, 1.54) is 12.1 Å². The highest BCUT2D eigenvalue weighted by Gasteiger charge is 2.29. The molecule has 0 spiro atoms. The van der Waals surface area contributed by atoms with Crippen LogP contribution in [0.3, 0.4) is 0 Å². The second-order valence-electron chi connectivity index (χ2n) is 8.11. The Labute approximate surface area is 191 Å². The molecule has 8 nitrogen and oxygen atoms in total. The number of nitrogens with zero attached hydrogens (tertiary/aromatic N) is 3. The van der Waals surface area contributed by atoms with Gasteiger partial charge in [0.25, 0.3) is 0 Å². The summed E-state index contributed by atoms with van der Waals surface area (Å²) in [4.78, 5) is 30.6. The minimum absolute atomic E-state index is 0.117. The molecule has 1 aliphatic rings. The van der Waals surface area contributed by atoms with E-state index in [-0.39, 0.29) is 30.1 Å². The van der Waals surface area contributed by atoms with Crippen LogP contribution < -0.4 is 11.1 Å². The number of anilines is 1. The van der Waals surface area contributed by atoms with Crippen LogP contribution in [0.5, 0.6) is 0 Å². The molecule has 2 amide bonds. The highest BCUT2D eigenvalue weighted by atomic mass is 19.1. The third kappa shape index (κ3) is 5.81. The van der Waals surface area contributed by atoms with Crippen LogP contribution in [0.25, 0.3) is 11.4 Å². The first kappa shape index (κ1) is 22.6. The summed E-state index contributed by atoms with van der Waals surface area (Å²) in [5.74, 6) is 0.0583. The van der Waals surface area contributed by atoms with Crippen molar-refractivity contribution in [3.8, 4) is 11.4 Å². The van der Waals surface area contributed by atoms with Gasteiger partial charge in [0.15, 0.2) is 0 Å². The molecule has 1 unspecified atom stereocenters. The second kappa shape index (κ2) is 10.4. The van der Waals surface area contributed by atoms with E-state index in [2.05, 4.69) is 20.4 Å². The molecule has 2 heterocycles. The summed E-state index contributed by atoms with van der Waals surface area (Å²) in [5, 5.41) is 6.88. The molecule has 1 fully saturated rings. The van der Waals surface area contributed by atoms with Gasteiger partial charge in [-0.05, 0) is 61.7 Å². The zero-order valence-electron chi connectivity index (χ0n) is 18.2. The van der Waals surface area contributed by atoms with E-state index in [0.717, 1.165) is 30.6 Å². The summed E-state index contributed by atoms with van der Waals surface area (Å²) in [6, 6.07) is 13.2. The molecule has 3 N–H and O–H groups in total. The molecule has 0 saturated carbocycles. The van der Waals surface area contributed by atoms with Crippen molar-refractivity contribution in [2.45, 2.75) is 44.7 Å². The van der Waals surface area contributed by atoms with Gasteiger partial charge in [-0.25, -0.2) is 4.39 Å². The first-order valence-corrected chi connectivity index (χ1v) is 11.0. The summed E-state index contributed by atoms with van der Waals surface area (Å²) in [5.41, 5.74) is 7.86. The lowest BCUT2D eigenvalue weighted by Crippen LogP contribution is -2.39. The summed E-state index contributed by atoms with van der Waals surface area (Å²) in [7, 11) is 0. The van der Waals surface area contributed by atoms with Crippen molar-refractivity contribution in [3.05, 3.63) is 65.8 Å². The monoisotopic (exact) mass is 451 g/mol. The molecule has 0 radical (unpaired) electrons. The van der Waals surface area contributed by atoms with E-state index < -0.39 is 0 Å². The molecule has 0 aliphatic carbocycles. The van der Waals surface area contributed by atoms with Gasteiger partial charge in [0, 0.05) is 30.6 Å². The number of benzene rings is 2. The van der Waals surface area contributed by atoms with Crippen molar-refractivity contribution in [2.75, 3.05) is 11.9 Å². The lowest BCUT2D eigenvalue weighted by Gasteiger charge is -2.23. The summed E-state index contributed by atoms with van der Waals surface area (Å²) >= 11 is 0. The Hall–Kier alpha value is -3.59. The maximum Gasteiger partial charge on any atom is 0.234 e. The van der Waals surface area contributed by atoms with Crippen LogP contribution in [0, 0.1) is 5.82 Å². The molecule has 1 atom stereocenters. The number of aryl methyl sites for hydroxylation is 1. The molecule has 3 aromatic rings. The van der Waals surface area contributed by atoms with Gasteiger partial charge in [0.2, 0.25) is 23.5 Å². The topological polar surface area (TPSA) is 114 Å². The van der Waals surface area contributed by atoms with Crippen molar-refractivity contribution in [2.24, 2.45) is 5.73 Å². The zero-order valence-corrected chi connectivity index (χ0v) is 18.2. The fraction of sp³-hybridized carbons (Fsp3) is 0.333. The van der Waals surface area contributed by atoms with E-state index in [9.17, 15) is 14.0 Å². The standard InChI is InChI=1S/C24H26FN5O3/c25-18-12-10-16(11-13-18)24-28-22(33-29-24)9-3-8-21(31)27-19-6-2-1-5-17(19)15-30-14-4-7-20(30)23(26)32/h1-2,5-6,10-13,20H,3-4,7-9,14-15H2,(H2,26,32)(H,27,31). The Balaban J connectivity index is 1.29. The molecule has 1 saturated heterocycles. The molecule has 172 valence electrons. The Kier molecular flexibility index (Phi) is 7.09. The number of aromatic nitrogens is 2. The van der Waals surface area contributed by atoms with Crippen molar-refractivity contribution >= 4 is 17.5 Å². The van der Waals surface area contributed by atoms with E-state index >= 15 is 0 Å². The van der Waals surface area contributed by atoms with Gasteiger partial charge in [-0.3, -0.25) is 14.5 Å². The van der Waals surface area contributed by atoms with Crippen LogP contribution in [0.1, 0.15) is 37.1 Å². The van der Waals surface area contributed by atoms with Gasteiger partial charge in [-0.2, -0.15) is 4.98 Å². The smallest absolute Gasteiger partial charge is 0.234 e. The number of primary amides is 1. The van der Waals surface area contributed by atoms with E-state index in [1.54, 1.807) is 12.1 Å². The van der Waals surface area contributed by atoms with E-state index in [0.29, 0.717) is 36.7 Å². The average Bonchev–Trinajstić information content (AvgIpc) is 3.45. The third-order valence-electron chi connectivity index (χ3n) is 5.72. The fourth-order valence-corrected chi connectivity index (χ4v) is 4.02. The quantitative estimate of drug-likeness (QED) is 0.516. The molecule has 1 aliphatic heterocycles.